The number of hydrogen-bond donors (Lipinski definition) is 0. The molecule has 0 saturated carbocycles. The Morgan fingerprint density at radius 3 is 2.54 bits per heavy atom. The third-order valence-corrected chi connectivity index (χ3v) is 4.26. The first-order valence-corrected chi connectivity index (χ1v) is 8.71. The van der Waals surface area contributed by atoms with Crippen LogP contribution in [-0.4, -0.2) is 32.2 Å². The second-order valence-electron chi connectivity index (χ2n) is 5.27. The molecule has 26 heavy (non-hydrogen) atoms. The van der Waals surface area contributed by atoms with Gasteiger partial charge in [0.05, 0.1) is 5.75 Å². The first-order chi connectivity index (χ1) is 12.6. The lowest BCUT2D eigenvalue weighted by Gasteiger charge is -1.98. The molecule has 0 radical (unpaired) electrons. The molecule has 7 heteroatoms. The zero-order valence-electron chi connectivity index (χ0n) is 13.6. The number of ketones is 1. The van der Waals surface area contributed by atoms with Crippen molar-refractivity contribution in [2.75, 3.05) is 5.75 Å². The number of benzene rings is 2. The van der Waals surface area contributed by atoms with Crippen LogP contribution in [0.15, 0.2) is 72.2 Å². The summed E-state index contributed by atoms with van der Waals surface area (Å²) in [7, 11) is 0. The lowest BCUT2D eigenvalue weighted by molar-refractivity contribution is 0.0953. The van der Waals surface area contributed by atoms with Crippen molar-refractivity contribution >= 4 is 29.5 Å². The molecule has 3 rings (SSSR count). The van der Waals surface area contributed by atoms with E-state index in [1.807, 2.05) is 6.07 Å². The van der Waals surface area contributed by atoms with E-state index in [0.29, 0.717) is 16.3 Å². The van der Waals surface area contributed by atoms with E-state index < -0.39 is 0 Å². The Morgan fingerprint density at radius 1 is 1.08 bits per heavy atom. The lowest BCUT2D eigenvalue weighted by Crippen LogP contribution is -2.08. The number of hydrogen-bond acceptors (Lipinski definition) is 5. The minimum absolute atomic E-state index is 0.0329. The third kappa shape index (κ3) is 4.73. The molecule has 3 aromatic rings. The van der Waals surface area contributed by atoms with Crippen LogP contribution in [0.25, 0.3) is 6.08 Å². The fourth-order valence-electron chi connectivity index (χ4n) is 2.08. The summed E-state index contributed by atoms with van der Waals surface area (Å²) in [4.78, 5) is 28.2. The maximum absolute atomic E-state index is 12.9. The number of nitrogens with zero attached hydrogens (tertiary/aromatic N) is 3. The van der Waals surface area contributed by atoms with Gasteiger partial charge in [-0.05, 0) is 23.8 Å². The summed E-state index contributed by atoms with van der Waals surface area (Å²) in [6.07, 6.45) is 4.19. The van der Waals surface area contributed by atoms with Gasteiger partial charge in [0.15, 0.2) is 5.78 Å². The minimum atomic E-state index is -0.386. The maximum Gasteiger partial charge on any atom is 0.272 e. The predicted octanol–water partition coefficient (Wildman–Crippen LogP) is 3.75. The molecular formula is C19H14FN3O2S. The molecule has 0 aliphatic carbocycles. The minimum Gasteiger partial charge on any atom is -0.293 e. The molecule has 130 valence electrons. The van der Waals surface area contributed by atoms with Gasteiger partial charge in [0, 0.05) is 11.6 Å². The fourth-order valence-corrected chi connectivity index (χ4v) is 2.77. The SMILES string of the molecule is O=C(CSc1ncn(C(=O)C=Cc2ccc(F)cc2)n1)c1ccccc1. The summed E-state index contributed by atoms with van der Waals surface area (Å²) < 4.78 is 13.9. The summed E-state index contributed by atoms with van der Waals surface area (Å²) in [5.41, 5.74) is 1.32. The standard InChI is InChI=1S/C19H14FN3O2S/c20-16-9-6-14(7-10-16)8-11-18(25)23-13-21-19(22-23)26-12-17(24)15-4-2-1-3-5-15/h1-11,13H,12H2. The van der Waals surface area contributed by atoms with Crippen molar-refractivity contribution in [1.29, 1.82) is 0 Å². The van der Waals surface area contributed by atoms with Gasteiger partial charge in [0.2, 0.25) is 5.16 Å². The topological polar surface area (TPSA) is 64.8 Å². The molecule has 0 N–H and O–H groups in total. The van der Waals surface area contributed by atoms with Crippen molar-refractivity contribution in [2.45, 2.75) is 5.16 Å². The van der Waals surface area contributed by atoms with Gasteiger partial charge in [0.1, 0.15) is 12.1 Å². The number of halogens is 1. The van der Waals surface area contributed by atoms with Crippen molar-refractivity contribution in [1.82, 2.24) is 14.8 Å². The van der Waals surface area contributed by atoms with E-state index in [9.17, 15) is 14.0 Å². The van der Waals surface area contributed by atoms with Gasteiger partial charge in [-0.15, -0.1) is 5.10 Å². The summed E-state index contributed by atoms with van der Waals surface area (Å²) in [5, 5.41) is 4.40. The van der Waals surface area contributed by atoms with Gasteiger partial charge in [-0.1, -0.05) is 54.2 Å². The van der Waals surface area contributed by atoms with Gasteiger partial charge >= 0.3 is 0 Å². The quantitative estimate of drug-likeness (QED) is 0.377. The highest BCUT2D eigenvalue weighted by Crippen LogP contribution is 2.14. The van der Waals surface area contributed by atoms with Crippen LogP contribution in [0, 0.1) is 5.82 Å². The van der Waals surface area contributed by atoms with Gasteiger partial charge < -0.3 is 0 Å². The first kappa shape index (κ1) is 17.8. The van der Waals surface area contributed by atoms with E-state index in [2.05, 4.69) is 10.1 Å². The van der Waals surface area contributed by atoms with Gasteiger partial charge in [0.25, 0.3) is 5.91 Å². The zero-order valence-corrected chi connectivity index (χ0v) is 14.4. The average molecular weight is 367 g/mol. The smallest absolute Gasteiger partial charge is 0.272 e. The second kappa shape index (κ2) is 8.35. The van der Waals surface area contributed by atoms with Crippen molar-refractivity contribution in [3.8, 4) is 0 Å². The molecule has 1 aromatic heterocycles. The first-order valence-electron chi connectivity index (χ1n) is 7.72. The Bertz CT molecular complexity index is 937. The molecule has 0 aliphatic heterocycles. The van der Waals surface area contributed by atoms with Crippen molar-refractivity contribution in [3.05, 3.63) is 83.9 Å². The highest BCUT2D eigenvalue weighted by Gasteiger charge is 2.10. The number of carbonyl (C=O) groups excluding carboxylic acids is 2. The molecule has 2 aromatic carbocycles. The number of carbonyl (C=O) groups is 2. The maximum atomic E-state index is 12.9. The Balaban J connectivity index is 1.57. The molecular weight excluding hydrogens is 353 g/mol. The third-order valence-electron chi connectivity index (χ3n) is 3.41. The van der Waals surface area contributed by atoms with Crippen molar-refractivity contribution in [2.24, 2.45) is 0 Å². The molecule has 1 heterocycles. The van der Waals surface area contributed by atoms with Crippen LogP contribution in [0.5, 0.6) is 0 Å². The fraction of sp³-hybridized carbons (Fsp3) is 0.0526. The van der Waals surface area contributed by atoms with Crippen molar-refractivity contribution in [3.63, 3.8) is 0 Å². The normalized spacial score (nSPS) is 11.0. The molecule has 0 amide bonds. The van der Waals surface area contributed by atoms with E-state index in [0.717, 1.165) is 4.68 Å². The van der Waals surface area contributed by atoms with E-state index >= 15 is 0 Å². The van der Waals surface area contributed by atoms with E-state index in [1.54, 1.807) is 42.5 Å². The van der Waals surface area contributed by atoms with Gasteiger partial charge in [-0.25, -0.2) is 9.37 Å². The highest BCUT2D eigenvalue weighted by molar-refractivity contribution is 7.99. The lowest BCUT2D eigenvalue weighted by atomic mass is 10.2. The van der Waals surface area contributed by atoms with E-state index in [-0.39, 0.29) is 23.3 Å². The van der Waals surface area contributed by atoms with Gasteiger partial charge in [-0.2, -0.15) is 4.68 Å². The van der Waals surface area contributed by atoms with Crippen LogP contribution in [0.3, 0.4) is 0 Å². The molecule has 0 saturated heterocycles. The Kier molecular flexibility index (Phi) is 5.70. The number of thioether (sulfide) groups is 1. The molecule has 0 unspecified atom stereocenters. The molecule has 0 fully saturated rings. The van der Waals surface area contributed by atoms with E-state index in [4.69, 9.17) is 0 Å². The summed E-state index contributed by atoms with van der Waals surface area (Å²) in [6, 6.07) is 14.7. The summed E-state index contributed by atoms with van der Waals surface area (Å²) in [5.74, 6) is -0.567. The van der Waals surface area contributed by atoms with Crippen LogP contribution in [0.4, 0.5) is 4.39 Å². The van der Waals surface area contributed by atoms with E-state index in [1.165, 1.54) is 36.3 Å². The zero-order chi connectivity index (χ0) is 18.4. The Morgan fingerprint density at radius 2 is 1.81 bits per heavy atom. The second-order valence-corrected chi connectivity index (χ2v) is 6.22. The monoisotopic (exact) mass is 367 g/mol. The summed E-state index contributed by atoms with van der Waals surface area (Å²) in [6.45, 7) is 0. The molecule has 5 nitrogen and oxygen atoms in total. The highest BCUT2D eigenvalue weighted by atomic mass is 32.2. The van der Waals surface area contributed by atoms with Crippen LogP contribution in [-0.2, 0) is 0 Å². The molecule has 0 bridgehead atoms. The van der Waals surface area contributed by atoms with Crippen LogP contribution < -0.4 is 0 Å². The van der Waals surface area contributed by atoms with Crippen LogP contribution in [0.2, 0.25) is 0 Å². The van der Waals surface area contributed by atoms with Gasteiger partial charge in [-0.3, -0.25) is 9.59 Å². The molecule has 0 atom stereocenters. The number of aromatic nitrogens is 3. The average Bonchev–Trinajstić information content (AvgIpc) is 3.15. The number of allylic oxidation sites excluding steroid dienone is 1. The number of rotatable bonds is 6. The van der Waals surface area contributed by atoms with Crippen molar-refractivity contribution < 1.29 is 14.0 Å². The number of Topliss-reactive ketones (excluding diaryl/α,β-unsaturated/α-hetero) is 1. The van der Waals surface area contributed by atoms with Crippen LogP contribution >= 0.6 is 11.8 Å². The van der Waals surface area contributed by atoms with Crippen LogP contribution in [0.1, 0.15) is 20.7 Å². The molecule has 0 spiro atoms. The summed E-state index contributed by atoms with van der Waals surface area (Å²) >= 11 is 1.17. The Hall–Kier alpha value is -3.06. The molecule has 0 aliphatic rings. The largest absolute Gasteiger partial charge is 0.293 e. The Labute approximate surface area is 153 Å². The predicted molar refractivity (Wildman–Crippen MR) is 97.6 cm³/mol.